The van der Waals surface area contributed by atoms with E-state index in [2.05, 4.69) is 26.1 Å². The third-order valence-corrected chi connectivity index (χ3v) is 4.18. The number of benzene rings is 1. The Hall–Kier alpha value is -1.34. The Bertz CT molecular complexity index is 588. The molecule has 0 bridgehead atoms. The van der Waals surface area contributed by atoms with Crippen molar-refractivity contribution in [3.8, 4) is 11.5 Å². The van der Waals surface area contributed by atoms with E-state index >= 15 is 0 Å². The number of carbonyl (C=O) groups is 1. The van der Waals surface area contributed by atoms with Gasteiger partial charge in [-0.2, -0.15) is 0 Å². The molecule has 1 aromatic carbocycles. The van der Waals surface area contributed by atoms with E-state index in [9.17, 15) is 4.79 Å². The lowest BCUT2D eigenvalue weighted by atomic mass is 10.2. The minimum atomic E-state index is -0.851. The Morgan fingerprint density at radius 2 is 2.21 bits per heavy atom. The number of hydrogen-bond acceptors (Lipinski definition) is 5. The molecule has 0 radical (unpaired) electrons. The van der Waals surface area contributed by atoms with Crippen LogP contribution in [0.4, 0.5) is 0 Å². The molecule has 0 fully saturated rings. The Kier molecular flexibility index (Phi) is 4.60. The van der Waals surface area contributed by atoms with E-state index < -0.39 is 11.2 Å². The Morgan fingerprint density at radius 3 is 2.89 bits per heavy atom. The molecule has 1 N–H and O–H groups in total. The quantitative estimate of drug-likeness (QED) is 0.898. The van der Waals surface area contributed by atoms with Gasteiger partial charge in [0, 0.05) is 4.47 Å². The van der Waals surface area contributed by atoms with Gasteiger partial charge in [0.1, 0.15) is 0 Å². The molecule has 7 heteroatoms. The fourth-order valence-corrected chi connectivity index (χ4v) is 2.43. The van der Waals surface area contributed by atoms with Crippen LogP contribution in [0.5, 0.6) is 0 Å². The number of aliphatic carboxylic acids is 1. The smallest absolute Gasteiger partial charge is 0.316 e. The maximum absolute atomic E-state index is 10.7. The lowest BCUT2D eigenvalue weighted by Crippen LogP contribution is -2.11. The zero-order valence-electron chi connectivity index (χ0n) is 10.0. The zero-order valence-corrected chi connectivity index (χ0v) is 12.4. The Labute approximate surface area is 122 Å². The van der Waals surface area contributed by atoms with Crippen LogP contribution < -0.4 is 0 Å². The van der Waals surface area contributed by atoms with Gasteiger partial charge in [0.05, 0.1) is 16.6 Å². The van der Waals surface area contributed by atoms with Crippen LogP contribution in [0.3, 0.4) is 0 Å². The summed E-state index contributed by atoms with van der Waals surface area (Å²) in [5, 5.41) is 16.2. The number of carboxylic acids is 1. The van der Waals surface area contributed by atoms with Crippen molar-refractivity contribution in [1.82, 2.24) is 10.2 Å². The molecule has 0 aliphatic rings. The molecular weight excluding hydrogens is 332 g/mol. The van der Waals surface area contributed by atoms with Crippen LogP contribution in [0.25, 0.3) is 11.5 Å². The van der Waals surface area contributed by atoms with Gasteiger partial charge in [-0.3, -0.25) is 4.79 Å². The molecule has 1 heterocycles. The van der Waals surface area contributed by atoms with Crippen LogP contribution >= 0.6 is 27.7 Å². The van der Waals surface area contributed by atoms with Gasteiger partial charge in [-0.1, -0.05) is 12.1 Å². The van der Waals surface area contributed by atoms with Crippen molar-refractivity contribution >= 4 is 33.7 Å². The summed E-state index contributed by atoms with van der Waals surface area (Å²) in [6.07, 6.45) is 0. The topological polar surface area (TPSA) is 76.2 Å². The van der Waals surface area contributed by atoms with Crippen molar-refractivity contribution in [2.75, 3.05) is 0 Å². The van der Waals surface area contributed by atoms with Crippen molar-refractivity contribution in [2.24, 2.45) is 0 Å². The van der Waals surface area contributed by atoms with Gasteiger partial charge in [0.25, 0.3) is 0 Å². The van der Waals surface area contributed by atoms with Gasteiger partial charge in [-0.25, -0.2) is 0 Å². The maximum Gasteiger partial charge on any atom is 0.316 e. The van der Waals surface area contributed by atoms with Gasteiger partial charge in [0.15, 0.2) is 0 Å². The highest BCUT2D eigenvalue weighted by Crippen LogP contribution is 2.27. The first-order chi connectivity index (χ1) is 9.08. The second kappa shape index (κ2) is 6.21. The van der Waals surface area contributed by atoms with Crippen LogP contribution in [0.15, 0.2) is 33.2 Å². The van der Waals surface area contributed by atoms with E-state index in [1.54, 1.807) is 6.92 Å². The monoisotopic (exact) mass is 342 g/mol. The summed E-state index contributed by atoms with van der Waals surface area (Å²) in [6.45, 7) is 1.62. The molecule has 0 saturated carbocycles. The van der Waals surface area contributed by atoms with E-state index in [0.29, 0.717) is 17.5 Å². The number of aromatic nitrogens is 2. The van der Waals surface area contributed by atoms with E-state index in [4.69, 9.17) is 9.52 Å². The molecule has 0 amide bonds. The molecule has 0 spiro atoms. The van der Waals surface area contributed by atoms with E-state index in [1.165, 1.54) is 11.8 Å². The van der Waals surface area contributed by atoms with Crippen molar-refractivity contribution in [1.29, 1.82) is 0 Å². The third kappa shape index (κ3) is 3.57. The summed E-state index contributed by atoms with van der Waals surface area (Å²) < 4.78 is 6.39. The van der Waals surface area contributed by atoms with E-state index in [0.717, 1.165) is 10.0 Å². The van der Waals surface area contributed by atoms with Crippen molar-refractivity contribution in [3.63, 3.8) is 0 Å². The second-order valence-corrected chi connectivity index (χ2v) is 5.96. The van der Waals surface area contributed by atoms with Crippen molar-refractivity contribution in [2.45, 2.75) is 17.9 Å². The summed E-state index contributed by atoms with van der Waals surface area (Å²) in [5.41, 5.74) is 0.817. The predicted molar refractivity (Wildman–Crippen MR) is 75.8 cm³/mol. The average Bonchev–Trinajstić information content (AvgIpc) is 2.85. The fraction of sp³-hybridized carbons (Fsp3) is 0.250. The predicted octanol–water partition coefficient (Wildman–Crippen LogP) is 3.21. The fourth-order valence-electron chi connectivity index (χ4n) is 1.32. The molecule has 1 atom stereocenters. The standard InChI is InChI=1S/C12H11BrN2O3S/c1-7(12(16)17)19-6-10-14-15-11(18-10)8-4-2-3-5-9(8)13/h2-5,7H,6H2,1H3,(H,16,17). The number of halogens is 1. The van der Waals surface area contributed by atoms with Crippen LogP contribution in [-0.2, 0) is 10.5 Å². The zero-order chi connectivity index (χ0) is 13.8. The first kappa shape index (κ1) is 14.1. The summed E-state index contributed by atoms with van der Waals surface area (Å²) in [7, 11) is 0. The molecule has 19 heavy (non-hydrogen) atoms. The Balaban J connectivity index is 2.08. The number of nitrogens with zero attached hydrogens (tertiary/aromatic N) is 2. The van der Waals surface area contributed by atoms with Gasteiger partial charge in [-0.05, 0) is 35.0 Å². The van der Waals surface area contributed by atoms with Gasteiger partial charge in [0.2, 0.25) is 11.8 Å². The lowest BCUT2D eigenvalue weighted by Gasteiger charge is -2.02. The molecule has 100 valence electrons. The molecule has 0 saturated heterocycles. The second-order valence-electron chi connectivity index (χ2n) is 3.77. The minimum Gasteiger partial charge on any atom is -0.480 e. The molecule has 0 aliphatic carbocycles. The van der Waals surface area contributed by atoms with Crippen molar-refractivity contribution < 1.29 is 14.3 Å². The van der Waals surface area contributed by atoms with E-state index in [-0.39, 0.29) is 0 Å². The SMILES string of the molecule is CC(SCc1nnc(-c2ccccc2Br)o1)C(=O)O. The number of carboxylic acid groups (broad SMARTS) is 1. The third-order valence-electron chi connectivity index (χ3n) is 2.38. The average molecular weight is 343 g/mol. The highest BCUT2D eigenvalue weighted by atomic mass is 79.9. The molecule has 1 unspecified atom stereocenters. The summed E-state index contributed by atoms with van der Waals surface area (Å²) in [4.78, 5) is 10.7. The first-order valence-electron chi connectivity index (χ1n) is 5.49. The highest BCUT2D eigenvalue weighted by molar-refractivity contribution is 9.10. The number of thioether (sulfide) groups is 1. The number of hydrogen-bond donors (Lipinski definition) is 1. The Morgan fingerprint density at radius 1 is 1.47 bits per heavy atom. The molecule has 5 nitrogen and oxygen atoms in total. The highest BCUT2D eigenvalue weighted by Gasteiger charge is 2.15. The van der Waals surface area contributed by atoms with Gasteiger partial charge in [-0.15, -0.1) is 22.0 Å². The molecule has 2 rings (SSSR count). The summed E-state index contributed by atoms with van der Waals surface area (Å²) >= 11 is 4.66. The lowest BCUT2D eigenvalue weighted by molar-refractivity contribution is -0.136. The summed E-state index contributed by atoms with van der Waals surface area (Å²) in [5.74, 6) is 0.371. The normalized spacial score (nSPS) is 12.3. The van der Waals surface area contributed by atoms with Crippen LogP contribution in [0.2, 0.25) is 0 Å². The molecule has 0 aliphatic heterocycles. The molecule has 1 aromatic heterocycles. The van der Waals surface area contributed by atoms with Crippen LogP contribution in [-0.4, -0.2) is 26.5 Å². The van der Waals surface area contributed by atoms with E-state index in [1.807, 2.05) is 24.3 Å². The van der Waals surface area contributed by atoms with Crippen LogP contribution in [0, 0.1) is 0 Å². The van der Waals surface area contributed by atoms with Crippen LogP contribution in [0.1, 0.15) is 12.8 Å². The van der Waals surface area contributed by atoms with Crippen molar-refractivity contribution in [3.05, 3.63) is 34.6 Å². The van der Waals surface area contributed by atoms with Gasteiger partial charge >= 0.3 is 5.97 Å². The number of rotatable bonds is 5. The maximum atomic E-state index is 10.7. The first-order valence-corrected chi connectivity index (χ1v) is 7.34. The largest absolute Gasteiger partial charge is 0.480 e. The van der Waals surface area contributed by atoms with Gasteiger partial charge < -0.3 is 9.52 Å². The summed E-state index contributed by atoms with van der Waals surface area (Å²) in [6, 6.07) is 7.54. The minimum absolute atomic E-state index is 0.380. The molecule has 2 aromatic rings. The molecular formula is C12H11BrN2O3S.